The van der Waals surface area contributed by atoms with E-state index in [1.54, 1.807) is 0 Å². The summed E-state index contributed by atoms with van der Waals surface area (Å²) in [5.74, 6) is 0.521. The van der Waals surface area contributed by atoms with Crippen LogP contribution in [0.25, 0.3) is 0 Å². The zero-order chi connectivity index (χ0) is 19.9. The van der Waals surface area contributed by atoms with Gasteiger partial charge >= 0.3 is 17.1 Å². The summed E-state index contributed by atoms with van der Waals surface area (Å²) in [6, 6.07) is 0.799. The van der Waals surface area contributed by atoms with Gasteiger partial charge in [0.25, 0.3) is 0 Å². The normalized spacial score (nSPS) is 16.3. The number of hydrogen-bond acceptors (Lipinski definition) is 5. The lowest BCUT2D eigenvalue weighted by Crippen LogP contribution is -2.57. The molecule has 0 aromatic carbocycles. The smallest absolute Gasteiger partial charge is 0.318 e. The Morgan fingerprint density at radius 2 is 1.20 bits per heavy atom. The molecule has 0 aliphatic heterocycles. The third-order valence-electron chi connectivity index (χ3n) is 2.85. The van der Waals surface area contributed by atoms with Crippen LogP contribution in [-0.2, 0) is 21.8 Å². The third kappa shape index (κ3) is 15.4. The summed E-state index contributed by atoms with van der Waals surface area (Å²) in [6.07, 6.45) is 0. The molecule has 0 spiro atoms. The van der Waals surface area contributed by atoms with Crippen molar-refractivity contribution in [3.05, 3.63) is 0 Å². The highest BCUT2D eigenvalue weighted by molar-refractivity contribution is 6.89. The van der Waals surface area contributed by atoms with Crippen molar-refractivity contribution in [1.82, 2.24) is 0 Å². The average molecular weight is 427 g/mol. The minimum Gasteiger partial charge on any atom is -0.437 e. The third-order valence-corrected chi connectivity index (χ3v) is 16.3. The van der Waals surface area contributed by atoms with Crippen molar-refractivity contribution in [2.45, 2.75) is 78.8 Å². The Morgan fingerprint density at radius 1 is 0.680 bits per heavy atom. The minimum atomic E-state index is -2.36. The van der Waals surface area contributed by atoms with Gasteiger partial charge in [-0.1, -0.05) is 13.8 Å². The Balaban J connectivity index is 4.73. The Bertz CT molecular complexity index is 380. The summed E-state index contributed by atoms with van der Waals surface area (Å²) in [7, 11) is -7.95. The molecular weight excluding hydrogens is 385 g/mol. The summed E-state index contributed by atoms with van der Waals surface area (Å²) >= 11 is 0. The Kier molecular flexibility index (Phi) is 10.6. The van der Waals surface area contributed by atoms with Crippen molar-refractivity contribution in [3.63, 3.8) is 0 Å². The summed E-state index contributed by atoms with van der Waals surface area (Å²) in [6.45, 7) is 25.6. The van der Waals surface area contributed by atoms with Gasteiger partial charge in [0.15, 0.2) is 16.6 Å². The second kappa shape index (κ2) is 10.3. The predicted octanol–water partition coefficient (Wildman–Crippen LogP) is 5.13. The van der Waals surface area contributed by atoms with Crippen molar-refractivity contribution in [2.75, 3.05) is 20.0 Å². The van der Waals surface area contributed by atoms with Crippen molar-refractivity contribution in [2.24, 2.45) is 5.92 Å². The summed E-state index contributed by atoms with van der Waals surface area (Å²) < 4.78 is 30.6. The first kappa shape index (κ1) is 25.7. The van der Waals surface area contributed by atoms with Gasteiger partial charge in [-0.05, 0) is 64.8 Å². The number of hydrogen-bond donors (Lipinski definition) is 0. The van der Waals surface area contributed by atoms with E-state index in [1.807, 2.05) is 0 Å². The molecule has 1 unspecified atom stereocenters. The van der Waals surface area contributed by atoms with Crippen LogP contribution >= 0.6 is 0 Å². The predicted molar refractivity (Wildman–Crippen MR) is 115 cm³/mol. The second-order valence-electron chi connectivity index (χ2n) is 9.61. The van der Waals surface area contributed by atoms with Gasteiger partial charge in [-0.3, -0.25) is 0 Å². The zero-order valence-corrected chi connectivity index (χ0v) is 22.4. The molecule has 0 amide bonds. The lowest BCUT2D eigenvalue weighted by Gasteiger charge is -2.41. The molecule has 0 rings (SSSR count). The fourth-order valence-electron chi connectivity index (χ4n) is 2.71. The van der Waals surface area contributed by atoms with Crippen LogP contribution in [0.1, 0.15) is 13.8 Å². The Labute approximate surface area is 160 Å². The van der Waals surface area contributed by atoms with Crippen molar-refractivity contribution < 1.29 is 21.8 Å². The quantitative estimate of drug-likeness (QED) is 0.232. The van der Waals surface area contributed by atoms with Crippen LogP contribution in [0.5, 0.6) is 0 Å². The molecular formula is C16H42O5Si4. The first-order valence-corrected chi connectivity index (χ1v) is 21.5. The average Bonchev–Trinajstić information content (AvgIpc) is 2.26. The molecule has 0 aromatic rings. The fourth-order valence-corrected chi connectivity index (χ4v) is 20.4. The molecule has 1 atom stereocenters. The van der Waals surface area contributed by atoms with E-state index in [0.29, 0.717) is 19.3 Å². The molecule has 0 heterocycles. The molecule has 0 N–H and O–H groups in total. The van der Waals surface area contributed by atoms with Crippen LogP contribution in [0.15, 0.2) is 0 Å². The molecule has 0 fully saturated rings. The van der Waals surface area contributed by atoms with Crippen LogP contribution in [0.3, 0.4) is 0 Å². The first-order valence-electron chi connectivity index (χ1n) is 9.30. The van der Waals surface area contributed by atoms with Crippen LogP contribution in [-0.4, -0.2) is 53.8 Å². The molecule has 0 radical (unpaired) electrons. The molecule has 5 nitrogen and oxygen atoms in total. The van der Waals surface area contributed by atoms with Crippen LogP contribution in [0, 0.1) is 5.92 Å². The van der Waals surface area contributed by atoms with Gasteiger partial charge in [-0.15, -0.1) is 0 Å². The Hall–Kier alpha value is 0.668. The topological polar surface area (TPSA) is 46.2 Å². The highest BCUT2D eigenvalue weighted by Gasteiger charge is 2.44. The van der Waals surface area contributed by atoms with Gasteiger partial charge in [-0.25, -0.2) is 0 Å². The molecule has 9 heteroatoms. The Morgan fingerprint density at radius 3 is 1.64 bits per heavy atom. The molecule has 25 heavy (non-hydrogen) atoms. The van der Waals surface area contributed by atoms with Gasteiger partial charge in [0, 0.05) is 6.04 Å². The maximum atomic E-state index is 6.60. The van der Waals surface area contributed by atoms with Gasteiger partial charge in [0.2, 0.25) is 0 Å². The largest absolute Gasteiger partial charge is 0.437 e. The SMILES string of the molecule is CC(C)COCOCC[Si](C)(O[Si](C)(C)C)O[Si](C)(C)O[Si](C)(C)C. The van der Waals surface area contributed by atoms with Crippen molar-refractivity contribution in [3.8, 4) is 0 Å². The molecule has 0 aromatic heterocycles. The van der Waals surface area contributed by atoms with Gasteiger partial charge in [0.1, 0.15) is 6.79 Å². The number of rotatable bonds is 13. The fraction of sp³-hybridized carbons (Fsp3) is 1.00. The van der Waals surface area contributed by atoms with Crippen LogP contribution < -0.4 is 0 Å². The highest BCUT2D eigenvalue weighted by atomic mass is 28.5. The zero-order valence-electron chi connectivity index (χ0n) is 18.4. The number of ether oxygens (including phenoxy) is 2. The van der Waals surface area contributed by atoms with E-state index >= 15 is 0 Å². The maximum Gasteiger partial charge on any atom is 0.318 e. The summed E-state index contributed by atoms with van der Waals surface area (Å²) in [4.78, 5) is 0. The van der Waals surface area contributed by atoms with E-state index in [2.05, 4.69) is 72.8 Å². The van der Waals surface area contributed by atoms with E-state index in [0.717, 1.165) is 12.7 Å². The standard InChI is InChI=1S/C16H42O5Si4/c1-16(2)14-18-15-17-12-13-25(11,20-23(6,7)8)21-24(9,10)19-22(3,4)5/h16H,12-15H2,1-11H3. The highest BCUT2D eigenvalue weighted by Crippen LogP contribution is 2.26. The summed E-state index contributed by atoms with van der Waals surface area (Å²) in [5, 5.41) is 0. The summed E-state index contributed by atoms with van der Waals surface area (Å²) in [5.41, 5.74) is 0. The van der Waals surface area contributed by atoms with Crippen molar-refractivity contribution in [1.29, 1.82) is 0 Å². The van der Waals surface area contributed by atoms with E-state index in [-0.39, 0.29) is 0 Å². The minimum absolute atomic E-state index is 0.335. The molecule has 0 aliphatic rings. The van der Waals surface area contributed by atoms with E-state index in [1.165, 1.54) is 0 Å². The molecule has 0 aliphatic carbocycles. The van der Waals surface area contributed by atoms with Crippen LogP contribution in [0.4, 0.5) is 0 Å². The molecule has 0 saturated carbocycles. The lowest BCUT2D eigenvalue weighted by molar-refractivity contribution is -0.0582. The second-order valence-corrected chi connectivity index (χ2v) is 26.1. The van der Waals surface area contributed by atoms with Gasteiger partial charge in [0.05, 0.1) is 13.2 Å². The monoisotopic (exact) mass is 426 g/mol. The van der Waals surface area contributed by atoms with Gasteiger partial charge in [-0.2, -0.15) is 0 Å². The molecule has 0 saturated heterocycles. The first-order chi connectivity index (χ1) is 11.0. The van der Waals surface area contributed by atoms with E-state index in [4.69, 9.17) is 21.8 Å². The van der Waals surface area contributed by atoms with Gasteiger partial charge < -0.3 is 21.8 Å². The van der Waals surface area contributed by atoms with E-state index in [9.17, 15) is 0 Å². The van der Waals surface area contributed by atoms with Crippen molar-refractivity contribution >= 4 is 33.8 Å². The molecule has 152 valence electrons. The maximum absolute atomic E-state index is 6.60. The van der Waals surface area contributed by atoms with E-state index < -0.39 is 33.8 Å². The van der Waals surface area contributed by atoms with Crippen LogP contribution in [0.2, 0.25) is 65.0 Å². The molecule has 0 bridgehead atoms. The lowest BCUT2D eigenvalue weighted by atomic mass is 10.2.